The molecule has 6 rings (SSSR count). The predicted octanol–water partition coefficient (Wildman–Crippen LogP) is 5.90. The molecular weight excluding hydrogens is 578 g/mol. The van der Waals surface area contributed by atoms with Crippen molar-refractivity contribution in [2.24, 2.45) is 5.92 Å². The zero-order valence-corrected chi connectivity index (χ0v) is 25.3. The molecule has 224 valence electrons. The summed E-state index contributed by atoms with van der Waals surface area (Å²) >= 11 is 1.58. The molecule has 0 atom stereocenters. The lowest BCUT2D eigenvalue weighted by Crippen LogP contribution is -2.27. The monoisotopic (exact) mass is 609 g/mol. The fourth-order valence-corrected chi connectivity index (χ4v) is 6.21. The summed E-state index contributed by atoms with van der Waals surface area (Å²) in [6.45, 7) is 4.95. The number of carbonyl (C=O) groups excluding carboxylic acids is 3. The number of esters is 1. The van der Waals surface area contributed by atoms with E-state index >= 15 is 0 Å². The van der Waals surface area contributed by atoms with E-state index in [0.29, 0.717) is 57.9 Å². The molecule has 5 N–H and O–H groups in total. The van der Waals surface area contributed by atoms with Gasteiger partial charge in [0, 0.05) is 40.2 Å². The van der Waals surface area contributed by atoms with Crippen molar-refractivity contribution in [3.05, 3.63) is 82.2 Å². The van der Waals surface area contributed by atoms with Gasteiger partial charge in [-0.1, -0.05) is 19.9 Å². The van der Waals surface area contributed by atoms with Crippen LogP contribution in [-0.2, 0) is 11.2 Å². The van der Waals surface area contributed by atoms with E-state index in [1.807, 2.05) is 19.2 Å². The van der Waals surface area contributed by atoms with Crippen molar-refractivity contribution in [2.75, 3.05) is 31.3 Å². The van der Waals surface area contributed by atoms with Crippen molar-refractivity contribution in [2.45, 2.75) is 20.3 Å². The van der Waals surface area contributed by atoms with Gasteiger partial charge in [0.05, 0.1) is 30.3 Å². The van der Waals surface area contributed by atoms with Gasteiger partial charge in [-0.3, -0.25) is 9.59 Å². The van der Waals surface area contributed by atoms with Crippen LogP contribution in [0.3, 0.4) is 0 Å². The molecule has 0 bridgehead atoms. The number of thiophene rings is 1. The average Bonchev–Trinajstić information content (AvgIpc) is 3.59. The van der Waals surface area contributed by atoms with Gasteiger partial charge in [-0.15, -0.1) is 11.3 Å². The largest absolute Gasteiger partial charge is 0.493 e. The summed E-state index contributed by atoms with van der Waals surface area (Å²) in [6.07, 6.45) is 0.727. The maximum absolute atomic E-state index is 14.1. The number of rotatable bonds is 7. The topological polar surface area (TPSA) is 148 Å². The van der Waals surface area contributed by atoms with Crippen LogP contribution < -0.4 is 21.1 Å². The number of nitrogens with one attached hydrogen (secondary N) is 3. The number of aromatic amines is 1. The summed E-state index contributed by atoms with van der Waals surface area (Å²) in [5.41, 5.74) is 11.3. The van der Waals surface area contributed by atoms with Crippen LogP contribution in [0.15, 0.2) is 60.0 Å². The van der Waals surface area contributed by atoms with E-state index in [9.17, 15) is 14.4 Å². The maximum Gasteiger partial charge on any atom is 0.338 e. The van der Waals surface area contributed by atoms with Crippen LogP contribution in [0.4, 0.5) is 11.6 Å². The Labute approximate surface area is 257 Å². The molecule has 1 aliphatic rings. The first-order valence-corrected chi connectivity index (χ1v) is 15.0. The van der Waals surface area contributed by atoms with Crippen molar-refractivity contribution >= 4 is 51.8 Å². The van der Waals surface area contributed by atoms with E-state index in [-0.39, 0.29) is 23.3 Å². The summed E-state index contributed by atoms with van der Waals surface area (Å²) in [5, 5.41) is 7.89. The van der Waals surface area contributed by atoms with Crippen molar-refractivity contribution in [1.82, 2.24) is 15.3 Å². The minimum Gasteiger partial charge on any atom is -0.493 e. The van der Waals surface area contributed by atoms with Crippen LogP contribution in [0.1, 0.15) is 50.5 Å². The van der Waals surface area contributed by atoms with Gasteiger partial charge in [0.1, 0.15) is 5.75 Å². The number of nitrogens with zero attached hydrogens (tertiary/aromatic N) is 1. The second-order valence-corrected chi connectivity index (χ2v) is 11.8. The van der Waals surface area contributed by atoms with Gasteiger partial charge in [0.25, 0.3) is 11.8 Å². The lowest BCUT2D eigenvalue weighted by molar-refractivity contribution is 0.0601. The van der Waals surface area contributed by atoms with Crippen molar-refractivity contribution in [1.29, 1.82) is 0 Å². The Morgan fingerprint density at radius 1 is 1.02 bits per heavy atom. The van der Waals surface area contributed by atoms with Gasteiger partial charge in [0.2, 0.25) is 0 Å². The molecule has 0 spiro atoms. The third-order valence-electron chi connectivity index (χ3n) is 7.39. The molecule has 3 aromatic carbocycles. The van der Waals surface area contributed by atoms with E-state index in [0.717, 1.165) is 22.4 Å². The normalized spacial score (nSPS) is 12.2. The number of hydrogen-bond acceptors (Lipinski definition) is 8. The summed E-state index contributed by atoms with van der Waals surface area (Å²) < 4.78 is 11.3. The minimum absolute atomic E-state index is 0.151. The molecule has 0 unspecified atom stereocenters. The number of carbonyl (C=O) groups is 3. The Balaban J connectivity index is 1.49. The van der Waals surface area contributed by atoms with E-state index in [1.165, 1.54) is 13.2 Å². The van der Waals surface area contributed by atoms with Crippen molar-refractivity contribution in [3.8, 4) is 27.3 Å². The number of aromatic nitrogens is 2. The Morgan fingerprint density at radius 3 is 2.66 bits per heavy atom. The third kappa shape index (κ3) is 5.61. The van der Waals surface area contributed by atoms with Crippen LogP contribution in [0.25, 0.3) is 32.6 Å². The molecule has 2 amide bonds. The van der Waals surface area contributed by atoms with E-state index in [1.54, 1.807) is 53.8 Å². The first-order valence-electron chi connectivity index (χ1n) is 14.2. The number of amides is 2. The second-order valence-electron chi connectivity index (χ2n) is 10.9. The molecule has 1 aliphatic heterocycles. The summed E-state index contributed by atoms with van der Waals surface area (Å²) in [4.78, 5) is 48.3. The lowest BCUT2D eigenvalue weighted by Gasteiger charge is -2.18. The number of benzene rings is 3. The van der Waals surface area contributed by atoms with Gasteiger partial charge < -0.3 is 30.8 Å². The van der Waals surface area contributed by atoms with Crippen LogP contribution in [0.2, 0.25) is 0 Å². The van der Waals surface area contributed by atoms with Gasteiger partial charge in [-0.25, -0.2) is 9.78 Å². The number of anilines is 2. The Kier molecular flexibility index (Phi) is 7.79. The first kappa shape index (κ1) is 28.9. The Bertz CT molecular complexity index is 1930. The van der Waals surface area contributed by atoms with Gasteiger partial charge in [0.15, 0.2) is 5.95 Å². The number of nitrogen functional groups attached to an aromatic ring is 1. The lowest BCUT2D eigenvalue weighted by atomic mass is 9.91. The van der Waals surface area contributed by atoms with E-state index in [2.05, 4.69) is 26.7 Å². The molecule has 0 fully saturated rings. The van der Waals surface area contributed by atoms with Crippen LogP contribution in [0, 0.1) is 5.92 Å². The molecule has 5 aromatic rings. The molecule has 10 nitrogen and oxygen atoms in total. The molecule has 44 heavy (non-hydrogen) atoms. The number of fused-ring (bicyclic) bond motifs is 4. The molecule has 2 aromatic heterocycles. The molecule has 11 heteroatoms. The van der Waals surface area contributed by atoms with Gasteiger partial charge >= 0.3 is 5.97 Å². The maximum atomic E-state index is 14.1. The van der Waals surface area contributed by atoms with E-state index in [4.69, 9.17) is 15.2 Å². The van der Waals surface area contributed by atoms with E-state index < -0.39 is 11.9 Å². The number of H-pyrrole nitrogens is 1. The summed E-state index contributed by atoms with van der Waals surface area (Å²) in [5.74, 6) is -0.204. The highest BCUT2D eigenvalue weighted by atomic mass is 32.1. The zero-order chi connectivity index (χ0) is 31.0. The Morgan fingerprint density at radius 2 is 1.86 bits per heavy atom. The SMILES string of the molecule is COC(=O)c1cc(C(=O)NCC(C)C)ccc1-c1cc2c(cc1C(=O)Nc1ccc3nc(N)[nH]c3c1)-c1sccc1CCO2. The smallest absolute Gasteiger partial charge is 0.338 e. The fraction of sp³-hybridized carbons (Fsp3) is 0.212. The summed E-state index contributed by atoms with van der Waals surface area (Å²) in [7, 11) is 1.28. The fourth-order valence-electron chi connectivity index (χ4n) is 5.23. The quantitative estimate of drug-likeness (QED) is 0.168. The minimum atomic E-state index is -0.636. The highest BCUT2D eigenvalue weighted by Crippen LogP contribution is 2.43. The number of ether oxygens (including phenoxy) is 2. The number of methoxy groups -OCH3 is 1. The molecule has 0 saturated heterocycles. The zero-order valence-electron chi connectivity index (χ0n) is 24.4. The predicted molar refractivity (Wildman–Crippen MR) is 171 cm³/mol. The van der Waals surface area contributed by atoms with Gasteiger partial charge in [-0.2, -0.15) is 0 Å². The highest BCUT2D eigenvalue weighted by molar-refractivity contribution is 7.13. The van der Waals surface area contributed by atoms with Gasteiger partial charge in [-0.05, 0) is 76.5 Å². The third-order valence-corrected chi connectivity index (χ3v) is 8.38. The van der Waals surface area contributed by atoms with Crippen LogP contribution in [0.5, 0.6) is 5.75 Å². The molecule has 0 radical (unpaired) electrons. The first-order chi connectivity index (χ1) is 21.2. The summed E-state index contributed by atoms with van der Waals surface area (Å²) in [6, 6.07) is 15.7. The highest BCUT2D eigenvalue weighted by Gasteiger charge is 2.26. The second kappa shape index (κ2) is 11.8. The Hall–Kier alpha value is -5.16. The number of imidazole rings is 1. The molecule has 0 aliphatic carbocycles. The standard InChI is InChI=1S/C33H31N5O5S/c1-17(2)16-35-30(39)19-4-6-21(24(12-19)32(41)42-3)22-15-28-25(29-18(8-10-43-28)9-11-44-29)14-23(22)31(40)36-20-5-7-26-27(13-20)38-33(34)37-26/h4-7,9,11-15,17H,8,10,16H2,1-3H3,(H,35,39)(H,36,40)(H3,34,37,38). The molecule has 3 heterocycles. The number of hydrogen-bond donors (Lipinski definition) is 4. The van der Waals surface area contributed by atoms with Crippen LogP contribution in [-0.4, -0.2) is 48.0 Å². The molecular formula is C33H31N5O5S. The van der Waals surface area contributed by atoms with Crippen LogP contribution >= 0.6 is 11.3 Å². The average molecular weight is 610 g/mol. The van der Waals surface area contributed by atoms with Crippen molar-refractivity contribution < 1.29 is 23.9 Å². The molecule has 0 saturated carbocycles. The number of nitrogens with two attached hydrogens (primary N) is 1. The van der Waals surface area contributed by atoms with Crippen molar-refractivity contribution in [3.63, 3.8) is 0 Å².